The Morgan fingerprint density at radius 2 is 1.80 bits per heavy atom. The molecule has 0 fully saturated rings. The SMILES string of the molecule is COC(=O)[C@@H](N=Cc1ccc(Cl)cc1)c1ccccc1. The number of carbonyl (C=O) groups is 1. The minimum absolute atomic E-state index is 0.388. The predicted octanol–water partition coefficient (Wildman–Crippen LogP) is 3.67. The molecule has 4 heteroatoms. The van der Waals surface area contributed by atoms with Crippen LogP contribution in [0.15, 0.2) is 59.6 Å². The normalized spacial score (nSPS) is 12.3. The molecule has 0 aliphatic rings. The first kappa shape index (κ1) is 14.3. The number of esters is 1. The Hall–Kier alpha value is -2.13. The molecule has 0 N–H and O–H groups in total. The summed E-state index contributed by atoms with van der Waals surface area (Å²) in [5.41, 5.74) is 1.67. The topological polar surface area (TPSA) is 38.7 Å². The van der Waals surface area contributed by atoms with Crippen LogP contribution in [-0.4, -0.2) is 19.3 Å². The third kappa shape index (κ3) is 3.68. The molecule has 0 aliphatic heterocycles. The highest BCUT2D eigenvalue weighted by Gasteiger charge is 2.19. The lowest BCUT2D eigenvalue weighted by molar-refractivity contribution is -0.142. The van der Waals surface area contributed by atoms with E-state index in [2.05, 4.69) is 4.99 Å². The van der Waals surface area contributed by atoms with Crippen molar-refractivity contribution in [1.82, 2.24) is 0 Å². The molecule has 0 unspecified atom stereocenters. The van der Waals surface area contributed by atoms with Gasteiger partial charge in [0.1, 0.15) is 0 Å². The van der Waals surface area contributed by atoms with Gasteiger partial charge >= 0.3 is 5.97 Å². The number of methoxy groups -OCH3 is 1. The quantitative estimate of drug-likeness (QED) is 0.636. The minimum atomic E-state index is -0.656. The van der Waals surface area contributed by atoms with Gasteiger partial charge < -0.3 is 4.74 Å². The lowest BCUT2D eigenvalue weighted by Crippen LogP contribution is -2.12. The number of halogens is 1. The summed E-state index contributed by atoms with van der Waals surface area (Å²) >= 11 is 5.82. The predicted molar refractivity (Wildman–Crippen MR) is 80.2 cm³/mol. The maximum absolute atomic E-state index is 11.8. The molecule has 0 heterocycles. The van der Waals surface area contributed by atoms with Crippen molar-refractivity contribution in [2.24, 2.45) is 4.99 Å². The van der Waals surface area contributed by atoms with Crippen LogP contribution >= 0.6 is 11.6 Å². The second-order valence-electron chi connectivity index (χ2n) is 4.17. The second-order valence-corrected chi connectivity index (χ2v) is 4.60. The summed E-state index contributed by atoms with van der Waals surface area (Å²) in [5, 5.41) is 0.662. The highest BCUT2D eigenvalue weighted by molar-refractivity contribution is 6.30. The van der Waals surface area contributed by atoms with Crippen LogP contribution in [0.25, 0.3) is 0 Å². The number of aliphatic imine (C=N–C) groups is 1. The van der Waals surface area contributed by atoms with Crippen molar-refractivity contribution in [3.8, 4) is 0 Å². The first-order chi connectivity index (χ1) is 9.70. The van der Waals surface area contributed by atoms with E-state index in [4.69, 9.17) is 16.3 Å². The molecule has 2 aromatic carbocycles. The number of nitrogens with zero attached hydrogens (tertiary/aromatic N) is 1. The van der Waals surface area contributed by atoms with Gasteiger partial charge in [0.25, 0.3) is 0 Å². The van der Waals surface area contributed by atoms with Gasteiger partial charge in [-0.3, -0.25) is 4.99 Å². The molecule has 0 bridgehead atoms. The van der Waals surface area contributed by atoms with E-state index in [1.165, 1.54) is 7.11 Å². The molecule has 0 spiro atoms. The Morgan fingerprint density at radius 1 is 1.15 bits per heavy atom. The van der Waals surface area contributed by atoms with Crippen LogP contribution in [-0.2, 0) is 9.53 Å². The number of carbonyl (C=O) groups excluding carboxylic acids is 1. The average Bonchev–Trinajstić information content (AvgIpc) is 2.50. The molecular weight excluding hydrogens is 274 g/mol. The lowest BCUT2D eigenvalue weighted by Gasteiger charge is -2.10. The summed E-state index contributed by atoms with van der Waals surface area (Å²) in [4.78, 5) is 16.2. The summed E-state index contributed by atoms with van der Waals surface area (Å²) in [7, 11) is 1.36. The highest BCUT2D eigenvalue weighted by Crippen LogP contribution is 2.19. The summed E-state index contributed by atoms with van der Waals surface area (Å²) < 4.78 is 4.80. The van der Waals surface area contributed by atoms with Crippen LogP contribution < -0.4 is 0 Å². The first-order valence-electron chi connectivity index (χ1n) is 6.12. The van der Waals surface area contributed by atoms with E-state index in [-0.39, 0.29) is 5.97 Å². The maximum atomic E-state index is 11.8. The molecule has 2 rings (SSSR count). The molecule has 3 nitrogen and oxygen atoms in total. The van der Waals surface area contributed by atoms with Crippen molar-refractivity contribution >= 4 is 23.8 Å². The molecule has 0 aromatic heterocycles. The maximum Gasteiger partial charge on any atom is 0.335 e. The van der Waals surface area contributed by atoms with Crippen LogP contribution in [0, 0.1) is 0 Å². The third-order valence-corrected chi connectivity index (χ3v) is 3.03. The monoisotopic (exact) mass is 287 g/mol. The number of ether oxygens (including phenoxy) is 1. The summed E-state index contributed by atoms with van der Waals surface area (Å²) in [6, 6.07) is 15.9. The van der Waals surface area contributed by atoms with Crippen LogP contribution in [0.1, 0.15) is 17.2 Å². The van der Waals surface area contributed by atoms with Crippen LogP contribution in [0.2, 0.25) is 5.02 Å². The first-order valence-corrected chi connectivity index (χ1v) is 6.50. The molecule has 20 heavy (non-hydrogen) atoms. The zero-order valence-corrected chi connectivity index (χ0v) is 11.7. The Bertz CT molecular complexity index is 594. The molecule has 0 amide bonds. The molecular formula is C16H14ClNO2. The smallest absolute Gasteiger partial charge is 0.335 e. The van der Waals surface area contributed by atoms with Gasteiger partial charge in [0.15, 0.2) is 6.04 Å². The van der Waals surface area contributed by atoms with Crippen molar-refractivity contribution < 1.29 is 9.53 Å². The van der Waals surface area contributed by atoms with E-state index in [1.54, 1.807) is 18.3 Å². The van der Waals surface area contributed by atoms with Crippen molar-refractivity contribution in [2.45, 2.75) is 6.04 Å². The fraction of sp³-hybridized carbons (Fsp3) is 0.125. The summed E-state index contributed by atoms with van der Waals surface area (Å²) in [5.74, 6) is -0.388. The van der Waals surface area contributed by atoms with Gasteiger partial charge in [-0.1, -0.05) is 54.1 Å². The van der Waals surface area contributed by atoms with Crippen molar-refractivity contribution in [3.05, 3.63) is 70.7 Å². The van der Waals surface area contributed by atoms with Gasteiger partial charge in [-0.05, 0) is 23.3 Å². The standard InChI is InChI=1S/C16H14ClNO2/c1-20-16(19)15(13-5-3-2-4-6-13)18-11-12-7-9-14(17)10-8-12/h2-11,15H,1H3/t15-/m0/s1. The van der Waals surface area contributed by atoms with Gasteiger partial charge in [-0.25, -0.2) is 4.79 Å². The van der Waals surface area contributed by atoms with Crippen molar-refractivity contribution in [1.29, 1.82) is 0 Å². The molecule has 102 valence electrons. The minimum Gasteiger partial charge on any atom is -0.467 e. The molecule has 2 aromatic rings. The van der Waals surface area contributed by atoms with Crippen LogP contribution in [0.5, 0.6) is 0 Å². The van der Waals surface area contributed by atoms with Gasteiger partial charge in [-0.15, -0.1) is 0 Å². The zero-order valence-electron chi connectivity index (χ0n) is 11.0. The highest BCUT2D eigenvalue weighted by atomic mass is 35.5. The fourth-order valence-electron chi connectivity index (χ4n) is 1.74. The van der Waals surface area contributed by atoms with Crippen LogP contribution in [0.3, 0.4) is 0 Å². The zero-order chi connectivity index (χ0) is 14.4. The van der Waals surface area contributed by atoms with Gasteiger partial charge in [0, 0.05) is 11.2 Å². The van der Waals surface area contributed by atoms with Gasteiger partial charge in [-0.2, -0.15) is 0 Å². The largest absolute Gasteiger partial charge is 0.467 e. The second kappa shape index (κ2) is 6.87. The number of rotatable bonds is 4. The van der Waals surface area contributed by atoms with E-state index in [9.17, 15) is 4.79 Å². The Balaban J connectivity index is 2.24. The molecule has 1 atom stereocenters. The van der Waals surface area contributed by atoms with Crippen molar-refractivity contribution in [3.63, 3.8) is 0 Å². The number of benzene rings is 2. The van der Waals surface area contributed by atoms with Crippen LogP contribution in [0.4, 0.5) is 0 Å². The fourth-order valence-corrected chi connectivity index (χ4v) is 1.87. The third-order valence-electron chi connectivity index (χ3n) is 2.78. The van der Waals surface area contributed by atoms with Gasteiger partial charge in [0.2, 0.25) is 0 Å². The average molecular weight is 288 g/mol. The van der Waals surface area contributed by atoms with E-state index >= 15 is 0 Å². The Morgan fingerprint density at radius 3 is 2.40 bits per heavy atom. The molecule has 0 radical (unpaired) electrons. The van der Waals surface area contributed by atoms with Crippen molar-refractivity contribution in [2.75, 3.05) is 7.11 Å². The summed E-state index contributed by atoms with van der Waals surface area (Å²) in [6.45, 7) is 0. The van der Waals surface area contributed by atoms with E-state index in [1.807, 2.05) is 42.5 Å². The van der Waals surface area contributed by atoms with E-state index < -0.39 is 6.04 Å². The molecule has 0 saturated carbocycles. The molecule has 0 saturated heterocycles. The Kier molecular flexibility index (Phi) is 4.91. The number of hydrogen-bond acceptors (Lipinski definition) is 3. The lowest BCUT2D eigenvalue weighted by atomic mass is 10.1. The van der Waals surface area contributed by atoms with E-state index in [0.717, 1.165) is 11.1 Å². The number of hydrogen-bond donors (Lipinski definition) is 0. The Labute approximate surface area is 122 Å². The molecule has 0 aliphatic carbocycles. The van der Waals surface area contributed by atoms with Gasteiger partial charge in [0.05, 0.1) is 7.11 Å². The van der Waals surface area contributed by atoms with E-state index in [0.29, 0.717) is 5.02 Å². The summed E-state index contributed by atoms with van der Waals surface area (Å²) in [6.07, 6.45) is 1.64.